The highest BCUT2D eigenvalue weighted by atomic mass is 16.5. The van der Waals surface area contributed by atoms with Crippen molar-refractivity contribution in [2.45, 2.75) is 38.9 Å². The van der Waals surface area contributed by atoms with Gasteiger partial charge >= 0.3 is 0 Å². The molecule has 1 aliphatic rings. The molecule has 4 nitrogen and oxygen atoms in total. The topological polar surface area (TPSA) is 34.5 Å². The lowest BCUT2D eigenvalue weighted by Crippen LogP contribution is -2.41. The van der Waals surface area contributed by atoms with E-state index in [2.05, 4.69) is 13.8 Å². The molecule has 0 atom stereocenters. The van der Waals surface area contributed by atoms with Crippen LogP contribution in [-0.2, 0) is 4.74 Å². The van der Waals surface area contributed by atoms with Gasteiger partial charge in [-0.1, -0.05) is 0 Å². The van der Waals surface area contributed by atoms with Crippen LogP contribution in [0.4, 0.5) is 0 Å². The Kier molecular flexibility index (Phi) is 4.82. The Labute approximate surface area is 137 Å². The fraction of sp³-hybridized carbons (Fsp3) is 0.421. The van der Waals surface area contributed by atoms with Crippen LogP contribution in [0.2, 0.25) is 0 Å². The fourth-order valence-corrected chi connectivity index (χ4v) is 3.05. The maximum atomic E-state index is 12.6. The van der Waals surface area contributed by atoms with Crippen LogP contribution in [0.25, 0.3) is 5.69 Å². The van der Waals surface area contributed by atoms with Crippen molar-refractivity contribution in [1.29, 1.82) is 0 Å². The molecule has 0 N–H and O–H groups in total. The number of aromatic nitrogens is 1. The first-order valence-corrected chi connectivity index (χ1v) is 8.31. The van der Waals surface area contributed by atoms with Crippen LogP contribution >= 0.6 is 0 Å². The van der Waals surface area contributed by atoms with Crippen LogP contribution in [0.1, 0.15) is 37.0 Å². The van der Waals surface area contributed by atoms with Crippen LogP contribution in [0.15, 0.2) is 48.8 Å². The van der Waals surface area contributed by atoms with E-state index in [-0.39, 0.29) is 18.1 Å². The number of nitrogens with zero attached hydrogens (tertiary/aromatic N) is 2. The van der Waals surface area contributed by atoms with Crippen molar-refractivity contribution in [3.8, 4) is 5.69 Å². The van der Waals surface area contributed by atoms with Gasteiger partial charge in [-0.15, -0.1) is 0 Å². The Morgan fingerprint density at radius 1 is 1.09 bits per heavy atom. The van der Waals surface area contributed by atoms with Gasteiger partial charge in [0.2, 0.25) is 0 Å². The molecule has 1 aromatic carbocycles. The monoisotopic (exact) mass is 312 g/mol. The molecule has 4 heteroatoms. The van der Waals surface area contributed by atoms with E-state index >= 15 is 0 Å². The molecule has 0 saturated carbocycles. The predicted octanol–water partition coefficient (Wildman–Crippen LogP) is 3.51. The van der Waals surface area contributed by atoms with E-state index in [1.807, 2.05) is 58.3 Å². The maximum absolute atomic E-state index is 12.6. The summed E-state index contributed by atoms with van der Waals surface area (Å²) in [5.41, 5.74) is 1.82. The third-order valence-corrected chi connectivity index (χ3v) is 4.21. The molecule has 1 amide bonds. The molecular weight excluding hydrogens is 288 g/mol. The van der Waals surface area contributed by atoms with Gasteiger partial charge in [0.25, 0.3) is 5.91 Å². The Morgan fingerprint density at radius 3 is 2.26 bits per heavy atom. The molecule has 1 aliphatic heterocycles. The lowest BCUT2D eigenvalue weighted by molar-refractivity contribution is -0.0236. The van der Waals surface area contributed by atoms with E-state index in [0.717, 1.165) is 37.2 Å². The molecule has 3 rings (SSSR count). The third kappa shape index (κ3) is 3.82. The summed E-state index contributed by atoms with van der Waals surface area (Å²) in [7, 11) is 0. The predicted molar refractivity (Wildman–Crippen MR) is 90.9 cm³/mol. The summed E-state index contributed by atoms with van der Waals surface area (Å²) in [4.78, 5) is 14.5. The highest BCUT2D eigenvalue weighted by Gasteiger charge is 2.24. The van der Waals surface area contributed by atoms with E-state index < -0.39 is 0 Å². The summed E-state index contributed by atoms with van der Waals surface area (Å²) in [6, 6.07) is 11.8. The van der Waals surface area contributed by atoms with Crippen molar-refractivity contribution in [3.05, 3.63) is 54.4 Å². The highest BCUT2D eigenvalue weighted by Crippen LogP contribution is 2.18. The van der Waals surface area contributed by atoms with Gasteiger partial charge in [-0.2, -0.15) is 0 Å². The minimum Gasteiger partial charge on any atom is -0.375 e. The summed E-state index contributed by atoms with van der Waals surface area (Å²) in [5, 5.41) is 0. The lowest BCUT2D eigenvalue weighted by Gasteiger charge is -2.33. The molecule has 1 fully saturated rings. The van der Waals surface area contributed by atoms with Crippen molar-refractivity contribution in [3.63, 3.8) is 0 Å². The Bertz CT molecular complexity index is 624. The van der Waals surface area contributed by atoms with Crippen molar-refractivity contribution in [2.75, 3.05) is 13.1 Å². The van der Waals surface area contributed by atoms with Crippen LogP contribution < -0.4 is 0 Å². The summed E-state index contributed by atoms with van der Waals surface area (Å²) < 4.78 is 7.87. The third-order valence-electron chi connectivity index (χ3n) is 4.21. The minimum atomic E-state index is 0.118. The number of rotatable bonds is 4. The summed E-state index contributed by atoms with van der Waals surface area (Å²) in [5.74, 6) is 0.118. The number of benzene rings is 1. The number of ether oxygens (including phenoxy) is 1. The number of likely N-dealkylation sites (tertiary alicyclic amines) is 1. The fourth-order valence-electron chi connectivity index (χ4n) is 3.05. The molecule has 0 bridgehead atoms. The summed E-state index contributed by atoms with van der Waals surface area (Å²) in [6.07, 6.45) is 6.38. The average Bonchev–Trinajstić information content (AvgIpc) is 3.09. The van der Waals surface area contributed by atoms with Gasteiger partial charge in [-0.05, 0) is 63.1 Å². The summed E-state index contributed by atoms with van der Waals surface area (Å²) in [6.45, 7) is 5.67. The van der Waals surface area contributed by atoms with Crippen LogP contribution in [0.5, 0.6) is 0 Å². The molecule has 1 saturated heterocycles. The molecule has 1 aromatic heterocycles. The average molecular weight is 312 g/mol. The van der Waals surface area contributed by atoms with Gasteiger partial charge < -0.3 is 14.2 Å². The minimum absolute atomic E-state index is 0.118. The van der Waals surface area contributed by atoms with Gasteiger partial charge in [0, 0.05) is 36.7 Å². The first-order chi connectivity index (χ1) is 11.1. The van der Waals surface area contributed by atoms with E-state index in [0.29, 0.717) is 0 Å². The first-order valence-electron chi connectivity index (χ1n) is 8.31. The smallest absolute Gasteiger partial charge is 0.253 e. The van der Waals surface area contributed by atoms with Crippen LogP contribution in [0, 0.1) is 0 Å². The van der Waals surface area contributed by atoms with Crippen molar-refractivity contribution in [2.24, 2.45) is 0 Å². The van der Waals surface area contributed by atoms with Crippen molar-refractivity contribution in [1.82, 2.24) is 9.47 Å². The van der Waals surface area contributed by atoms with Gasteiger partial charge in [0.1, 0.15) is 0 Å². The molecule has 23 heavy (non-hydrogen) atoms. The van der Waals surface area contributed by atoms with Crippen molar-refractivity contribution >= 4 is 5.91 Å². The number of carbonyl (C=O) groups is 1. The Morgan fingerprint density at radius 2 is 1.70 bits per heavy atom. The SMILES string of the molecule is CC(C)OC1CCN(C(=O)c2ccc(-n3cccc3)cc2)CC1. The largest absolute Gasteiger partial charge is 0.375 e. The number of carbonyl (C=O) groups excluding carboxylic acids is 1. The number of piperidine rings is 1. The zero-order chi connectivity index (χ0) is 16.2. The molecule has 0 unspecified atom stereocenters. The summed E-state index contributed by atoms with van der Waals surface area (Å²) >= 11 is 0. The molecular formula is C19H24N2O2. The standard InChI is InChI=1S/C19H24N2O2/c1-15(2)23-18-9-13-21(14-10-18)19(22)16-5-7-17(8-6-16)20-11-3-4-12-20/h3-8,11-12,15,18H,9-10,13-14H2,1-2H3. The number of hydrogen-bond donors (Lipinski definition) is 0. The van der Waals surface area contributed by atoms with Gasteiger partial charge in [0.15, 0.2) is 0 Å². The van der Waals surface area contributed by atoms with E-state index in [9.17, 15) is 4.79 Å². The van der Waals surface area contributed by atoms with E-state index in [1.165, 1.54) is 0 Å². The molecule has 0 aliphatic carbocycles. The number of hydrogen-bond acceptors (Lipinski definition) is 2. The first kappa shape index (κ1) is 15.8. The molecule has 122 valence electrons. The van der Waals surface area contributed by atoms with Crippen LogP contribution in [0.3, 0.4) is 0 Å². The van der Waals surface area contributed by atoms with Crippen LogP contribution in [-0.4, -0.2) is 40.7 Å². The van der Waals surface area contributed by atoms with Gasteiger partial charge in [0.05, 0.1) is 12.2 Å². The quantitative estimate of drug-likeness (QED) is 0.866. The Hall–Kier alpha value is -2.07. The second-order valence-electron chi connectivity index (χ2n) is 6.31. The van der Waals surface area contributed by atoms with E-state index in [1.54, 1.807) is 0 Å². The normalized spacial score (nSPS) is 16.0. The lowest BCUT2D eigenvalue weighted by atomic mass is 10.1. The highest BCUT2D eigenvalue weighted by molar-refractivity contribution is 5.94. The molecule has 2 aromatic rings. The molecule has 0 spiro atoms. The number of amides is 1. The Balaban J connectivity index is 1.60. The molecule has 2 heterocycles. The molecule has 0 radical (unpaired) electrons. The van der Waals surface area contributed by atoms with Gasteiger partial charge in [-0.3, -0.25) is 4.79 Å². The van der Waals surface area contributed by atoms with Gasteiger partial charge in [-0.25, -0.2) is 0 Å². The zero-order valence-corrected chi connectivity index (χ0v) is 13.8. The van der Waals surface area contributed by atoms with Crippen molar-refractivity contribution < 1.29 is 9.53 Å². The van der Waals surface area contributed by atoms with E-state index in [4.69, 9.17) is 4.74 Å². The maximum Gasteiger partial charge on any atom is 0.253 e. The zero-order valence-electron chi connectivity index (χ0n) is 13.8. The second kappa shape index (κ2) is 7.01. The second-order valence-corrected chi connectivity index (χ2v) is 6.31.